The number of hydrogen-bond acceptors (Lipinski definition) is 1. The van der Waals surface area contributed by atoms with Crippen molar-refractivity contribution in [1.29, 1.82) is 0 Å². The van der Waals surface area contributed by atoms with Crippen molar-refractivity contribution in [3.8, 4) is 5.75 Å². The number of benzene rings is 1. The van der Waals surface area contributed by atoms with E-state index in [1.54, 1.807) is 4.90 Å². The van der Waals surface area contributed by atoms with E-state index in [0.29, 0.717) is 0 Å². The third-order valence-corrected chi connectivity index (χ3v) is 3.50. The van der Waals surface area contributed by atoms with Crippen molar-refractivity contribution < 1.29 is 9.64 Å². The molecular weight excluding hydrogens is 246 g/mol. The van der Waals surface area contributed by atoms with Gasteiger partial charge in [0.05, 0.1) is 24.7 Å². The van der Waals surface area contributed by atoms with Crippen LogP contribution in [0.3, 0.4) is 0 Å². The molecule has 0 unspecified atom stereocenters. The maximum atomic E-state index is 6.24. The molecule has 0 saturated heterocycles. The summed E-state index contributed by atoms with van der Waals surface area (Å²) < 4.78 is 5.65. The number of hydrogen-bond donors (Lipinski definition) is 1. The molecule has 0 heterocycles. The van der Waals surface area contributed by atoms with E-state index in [1.807, 2.05) is 12.1 Å². The van der Waals surface area contributed by atoms with Crippen molar-refractivity contribution in [3.63, 3.8) is 0 Å². The Morgan fingerprint density at radius 2 is 1.89 bits per heavy atom. The molecule has 0 saturated carbocycles. The van der Waals surface area contributed by atoms with E-state index >= 15 is 0 Å². The minimum atomic E-state index is 0.732. The lowest BCUT2D eigenvalue weighted by atomic mass is 10.2. The van der Waals surface area contributed by atoms with E-state index in [-0.39, 0.29) is 0 Å². The second-order valence-electron chi connectivity index (χ2n) is 4.60. The first-order valence-corrected chi connectivity index (χ1v) is 7.33. The molecule has 0 radical (unpaired) electrons. The zero-order chi connectivity index (χ0) is 13.4. The van der Waals surface area contributed by atoms with Crippen LogP contribution in [0.4, 0.5) is 0 Å². The number of halogens is 1. The average molecular weight is 271 g/mol. The standard InChI is InChI=1S/C15H24ClNO/c1-4-7-10-18-15-9-8-13(11-14(15)16)12-17(5-2)6-3/h8-9,11H,4-7,10,12H2,1-3H3/p+1. The monoisotopic (exact) mass is 270 g/mol. The van der Waals surface area contributed by atoms with Gasteiger partial charge >= 0.3 is 0 Å². The molecule has 102 valence electrons. The first kappa shape index (κ1) is 15.3. The zero-order valence-electron chi connectivity index (χ0n) is 11.8. The maximum Gasteiger partial charge on any atom is 0.137 e. The van der Waals surface area contributed by atoms with Crippen LogP contribution in [0.25, 0.3) is 0 Å². The summed E-state index contributed by atoms with van der Waals surface area (Å²) in [7, 11) is 0. The predicted octanol–water partition coefficient (Wildman–Crippen LogP) is 2.94. The van der Waals surface area contributed by atoms with Gasteiger partial charge in [0.25, 0.3) is 0 Å². The summed E-state index contributed by atoms with van der Waals surface area (Å²) in [5, 5.41) is 0.732. The Balaban J connectivity index is 2.61. The van der Waals surface area contributed by atoms with Gasteiger partial charge in [0.2, 0.25) is 0 Å². The highest BCUT2D eigenvalue weighted by atomic mass is 35.5. The molecule has 0 bridgehead atoms. The van der Waals surface area contributed by atoms with Gasteiger partial charge in [-0.1, -0.05) is 24.9 Å². The van der Waals surface area contributed by atoms with Crippen LogP contribution in [0.2, 0.25) is 5.02 Å². The first-order valence-electron chi connectivity index (χ1n) is 6.96. The summed E-state index contributed by atoms with van der Waals surface area (Å²) >= 11 is 6.24. The number of quaternary nitrogens is 1. The van der Waals surface area contributed by atoms with Crippen LogP contribution in [0.15, 0.2) is 18.2 Å². The molecular formula is C15H25ClNO+. The minimum Gasteiger partial charge on any atom is -0.492 e. The molecule has 0 atom stereocenters. The molecule has 2 nitrogen and oxygen atoms in total. The van der Waals surface area contributed by atoms with Crippen molar-refractivity contribution in [2.24, 2.45) is 0 Å². The highest BCUT2D eigenvalue weighted by molar-refractivity contribution is 6.32. The molecule has 1 rings (SSSR count). The lowest BCUT2D eigenvalue weighted by Crippen LogP contribution is -3.10. The van der Waals surface area contributed by atoms with Crippen molar-refractivity contribution >= 4 is 11.6 Å². The molecule has 1 N–H and O–H groups in total. The molecule has 0 amide bonds. The Kier molecular flexibility index (Phi) is 7.14. The predicted molar refractivity (Wildman–Crippen MR) is 77.6 cm³/mol. The lowest BCUT2D eigenvalue weighted by molar-refractivity contribution is -0.910. The maximum absolute atomic E-state index is 6.24. The van der Waals surface area contributed by atoms with E-state index < -0.39 is 0 Å². The molecule has 18 heavy (non-hydrogen) atoms. The molecule has 0 aromatic heterocycles. The highest BCUT2D eigenvalue weighted by Gasteiger charge is 2.07. The second-order valence-corrected chi connectivity index (χ2v) is 5.01. The Labute approximate surface area is 116 Å². The van der Waals surface area contributed by atoms with Crippen LogP contribution in [-0.4, -0.2) is 19.7 Å². The first-order chi connectivity index (χ1) is 8.71. The largest absolute Gasteiger partial charge is 0.492 e. The topological polar surface area (TPSA) is 13.7 Å². The van der Waals surface area contributed by atoms with Crippen LogP contribution in [-0.2, 0) is 6.54 Å². The van der Waals surface area contributed by atoms with Gasteiger partial charge in [-0.05, 0) is 38.5 Å². The molecule has 0 spiro atoms. The van der Waals surface area contributed by atoms with Crippen LogP contribution < -0.4 is 9.64 Å². The Bertz CT molecular complexity index is 350. The normalized spacial score (nSPS) is 10.9. The van der Waals surface area contributed by atoms with Gasteiger partial charge in [-0.2, -0.15) is 0 Å². The van der Waals surface area contributed by atoms with E-state index in [9.17, 15) is 0 Å². The zero-order valence-corrected chi connectivity index (χ0v) is 12.5. The summed E-state index contributed by atoms with van der Waals surface area (Å²) in [4.78, 5) is 1.56. The minimum absolute atomic E-state index is 0.732. The smallest absolute Gasteiger partial charge is 0.137 e. The Hall–Kier alpha value is -0.730. The summed E-state index contributed by atoms with van der Waals surface area (Å²) in [6.07, 6.45) is 2.21. The van der Waals surface area contributed by atoms with Gasteiger partial charge in [0, 0.05) is 5.56 Å². The summed E-state index contributed by atoms with van der Waals surface area (Å²) in [5.74, 6) is 0.809. The van der Waals surface area contributed by atoms with E-state index in [0.717, 1.165) is 49.9 Å². The van der Waals surface area contributed by atoms with Crippen molar-refractivity contribution in [2.75, 3.05) is 19.7 Å². The van der Waals surface area contributed by atoms with Gasteiger partial charge in [-0.15, -0.1) is 0 Å². The third-order valence-electron chi connectivity index (χ3n) is 3.21. The molecule has 1 aromatic rings. The summed E-state index contributed by atoms with van der Waals surface area (Å²) in [5.41, 5.74) is 1.28. The SMILES string of the molecule is CCCCOc1ccc(C[NH+](CC)CC)cc1Cl. The van der Waals surface area contributed by atoms with Crippen LogP contribution in [0.5, 0.6) is 5.75 Å². The van der Waals surface area contributed by atoms with E-state index in [4.69, 9.17) is 16.3 Å². The fourth-order valence-electron chi connectivity index (χ4n) is 1.89. The summed E-state index contributed by atoms with van der Waals surface area (Å²) in [6, 6.07) is 6.16. The van der Waals surface area contributed by atoms with Gasteiger partial charge in [0.1, 0.15) is 12.3 Å². The van der Waals surface area contributed by atoms with Crippen molar-refractivity contribution in [3.05, 3.63) is 28.8 Å². The second kappa shape index (κ2) is 8.39. The van der Waals surface area contributed by atoms with Gasteiger partial charge in [0.15, 0.2) is 0 Å². The number of rotatable bonds is 8. The van der Waals surface area contributed by atoms with Gasteiger partial charge < -0.3 is 9.64 Å². The fourth-order valence-corrected chi connectivity index (χ4v) is 2.14. The molecule has 3 heteroatoms. The lowest BCUT2D eigenvalue weighted by Gasteiger charge is -2.16. The van der Waals surface area contributed by atoms with Crippen LogP contribution in [0.1, 0.15) is 39.2 Å². The molecule has 0 fully saturated rings. The summed E-state index contributed by atoms with van der Waals surface area (Å²) in [6.45, 7) is 10.6. The Morgan fingerprint density at radius 3 is 2.44 bits per heavy atom. The number of nitrogens with one attached hydrogen (secondary N) is 1. The number of ether oxygens (including phenoxy) is 1. The third kappa shape index (κ3) is 4.87. The van der Waals surface area contributed by atoms with E-state index in [2.05, 4.69) is 26.8 Å². The number of unbranched alkanes of at least 4 members (excludes halogenated alkanes) is 1. The molecule has 0 aliphatic heterocycles. The van der Waals surface area contributed by atoms with Gasteiger partial charge in [-0.3, -0.25) is 0 Å². The fraction of sp³-hybridized carbons (Fsp3) is 0.600. The quantitative estimate of drug-likeness (QED) is 0.717. The van der Waals surface area contributed by atoms with Gasteiger partial charge in [-0.25, -0.2) is 0 Å². The molecule has 1 aromatic carbocycles. The highest BCUT2D eigenvalue weighted by Crippen LogP contribution is 2.25. The average Bonchev–Trinajstić information content (AvgIpc) is 2.38. The molecule has 0 aliphatic rings. The molecule has 0 aliphatic carbocycles. The van der Waals surface area contributed by atoms with Crippen molar-refractivity contribution in [2.45, 2.75) is 40.2 Å². The van der Waals surface area contributed by atoms with Crippen LogP contribution >= 0.6 is 11.6 Å². The van der Waals surface area contributed by atoms with E-state index in [1.165, 1.54) is 5.56 Å². The van der Waals surface area contributed by atoms with Crippen LogP contribution in [0, 0.1) is 0 Å². The van der Waals surface area contributed by atoms with Crippen molar-refractivity contribution in [1.82, 2.24) is 0 Å². The Morgan fingerprint density at radius 1 is 1.17 bits per heavy atom.